The Hall–Kier alpha value is -0.910. The third kappa shape index (κ3) is 5.23. The van der Waals surface area contributed by atoms with Crippen molar-refractivity contribution in [2.75, 3.05) is 12.3 Å². The monoisotopic (exact) mass is 296 g/mol. The van der Waals surface area contributed by atoms with Gasteiger partial charge in [-0.05, 0) is 37.2 Å². The number of hydrogen-bond donors (Lipinski definition) is 2. The van der Waals surface area contributed by atoms with E-state index in [4.69, 9.17) is 5.73 Å². The van der Waals surface area contributed by atoms with Gasteiger partial charge in [0, 0.05) is 12.6 Å². The molecule has 1 aliphatic rings. The van der Waals surface area contributed by atoms with Crippen LogP contribution < -0.4 is 10.5 Å². The Morgan fingerprint density at radius 1 is 1.20 bits per heavy atom. The first-order valence-electron chi connectivity index (χ1n) is 7.32. The first-order chi connectivity index (χ1) is 9.55. The molecule has 0 radical (unpaired) electrons. The molecule has 1 aromatic carbocycles. The molecule has 112 valence electrons. The molecule has 2 unspecified atom stereocenters. The van der Waals surface area contributed by atoms with Crippen LogP contribution in [-0.2, 0) is 16.4 Å². The molecule has 4 nitrogen and oxygen atoms in total. The maximum Gasteiger partial charge on any atom is 0.211 e. The Balaban J connectivity index is 1.76. The molecule has 0 spiro atoms. The van der Waals surface area contributed by atoms with Crippen LogP contribution in [0.15, 0.2) is 30.3 Å². The van der Waals surface area contributed by atoms with Gasteiger partial charge < -0.3 is 5.73 Å². The second kappa shape index (κ2) is 7.20. The summed E-state index contributed by atoms with van der Waals surface area (Å²) in [6.07, 6.45) is 4.74. The highest BCUT2D eigenvalue weighted by Crippen LogP contribution is 2.22. The fraction of sp³-hybridized carbons (Fsp3) is 0.600. The zero-order chi connectivity index (χ0) is 14.4. The molecule has 20 heavy (non-hydrogen) atoms. The molecular formula is C15H24N2O2S. The Morgan fingerprint density at radius 2 is 1.95 bits per heavy atom. The van der Waals surface area contributed by atoms with E-state index in [2.05, 4.69) is 4.72 Å². The highest BCUT2D eigenvalue weighted by Gasteiger charge is 2.21. The molecule has 1 saturated carbocycles. The Kier molecular flexibility index (Phi) is 5.57. The van der Waals surface area contributed by atoms with E-state index in [9.17, 15) is 8.42 Å². The smallest absolute Gasteiger partial charge is 0.211 e. The van der Waals surface area contributed by atoms with Crippen LogP contribution in [0.25, 0.3) is 0 Å². The van der Waals surface area contributed by atoms with Gasteiger partial charge in [-0.25, -0.2) is 13.1 Å². The van der Waals surface area contributed by atoms with Crippen molar-refractivity contribution in [2.45, 2.75) is 38.1 Å². The van der Waals surface area contributed by atoms with Gasteiger partial charge in [0.25, 0.3) is 0 Å². The minimum absolute atomic E-state index is 0.149. The summed E-state index contributed by atoms with van der Waals surface area (Å²) in [7, 11) is -3.19. The second-order valence-corrected chi connectivity index (χ2v) is 7.62. The van der Waals surface area contributed by atoms with Crippen molar-refractivity contribution < 1.29 is 8.42 Å². The third-order valence-corrected chi connectivity index (χ3v) is 5.27. The molecule has 2 atom stereocenters. The number of rotatable bonds is 6. The van der Waals surface area contributed by atoms with E-state index in [1.54, 1.807) is 0 Å². The summed E-state index contributed by atoms with van der Waals surface area (Å²) in [5.74, 6) is 0.542. The first-order valence-corrected chi connectivity index (χ1v) is 8.97. The molecule has 0 saturated heterocycles. The van der Waals surface area contributed by atoms with Crippen LogP contribution in [0.3, 0.4) is 0 Å². The number of benzene rings is 1. The van der Waals surface area contributed by atoms with Gasteiger partial charge in [-0.15, -0.1) is 0 Å². The molecule has 1 fully saturated rings. The number of nitrogens with two attached hydrogens (primary N) is 1. The summed E-state index contributed by atoms with van der Waals surface area (Å²) >= 11 is 0. The number of hydrogen-bond acceptors (Lipinski definition) is 3. The van der Waals surface area contributed by atoms with Crippen molar-refractivity contribution in [3.63, 3.8) is 0 Å². The first kappa shape index (κ1) is 15.5. The van der Waals surface area contributed by atoms with E-state index in [0.717, 1.165) is 31.2 Å². The maximum absolute atomic E-state index is 12.0. The predicted octanol–water partition coefficient (Wildman–Crippen LogP) is 1.67. The summed E-state index contributed by atoms with van der Waals surface area (Å²) in [5, 5.41) is 0. The lowest BCUT2D eigenvalue weighted by Gasteiger charge is -2.26. The molecule has 1 aliphatic carbocycles. The van der Waals surface area contributed by atoms with Crippen LogP contribution in [0, 0.1) is 5.92 Å². The van der Waals surface area contributed by atoms with Crippen LogP contribution in [0.1, 0.15) is 31.2 Å². The van der Waals surface area contributed by atoms with Crippen molar-refractivity contribution >= 4 is 10.0 Å². The van der Waals surface area contributed by atoms with Crippen LogP contribution in [0.4, 0.5) is 0 Å². The molecule has 2 rings (SSSR count). The summed E-state index contributed by atoms with van der Waals surface area (Å²) in [6, 6.07) is 9.94. The molecule has 0 heterocycles. The zero-order valence-electron chi connectivity index (χ0n) is 11.8. The quantitative estimate of drug-likeness (QED) is 0.838. The van der Waals surface area contributed by atoms with Gasteiger partial charge in [0.1, 0.15) is 0 Å². The summed E-state index contributed by atoms with van der Waals surface area (Å²) < 4.78 is 26.7. The Labute approximate surface area is 121 Å². The second-order valence-electron chi connectivity index (χ2n) is 5.70. The highest BCUT2D eigenvalue weighted by atomic mass is 32.2. The highest BCUT2D eigenvalue weighted by molar-refractivity contribution is 7.89. The molecular weight excluding hydrogens is 272 g/mol. The van der Waals surface area contributed by atoms with Gasteiger partial charge in [-0.3, -0.25) is 0 Å². The topological polar surface area (TPSA) is 72.2 Å². The summed E-state index contributed by atoms with van der Waals surface area (Å²) in [5.41, 5.74) is 6.98. The molecule has 1 aromatic rings. The van der Waals surface area contributed by atoms with E-state index >= 15 is 0 Å². The van der Waals surface area contributed by atoms with E-state index in [1.165, 1.54) is 0 Å². The molecule has 3 N–H and O–H groups in total. The van der Waals surface area contributed by atoms with Crippen LogP contribution in [0.5, 0.6) is 0 Å². The van der Waals surface area contributed by atoms with Crippen molar-refractivity contribution in [3.8, 4) is 0 Å². The average Bonchev–Trinajstić information content (AvgIpc) is 2.45. The van der Waals surface area contributed by atoms with Crippen LogP contribution >= 0.6 is 0 Å². The lowest BCUT2D eigenvalue weighted by Crippen LogP contribution is -2.36. The van der Waals surface area contributed by atoms with Crippen molar-refractivity contribution in [1.29, 1.82) is 0 Å². The normalized spacial score (nSPS) is 23.6. The van der Waals surface area contributed by atoms with E-state index < -0.39 is 10.0 Å². The summed E-state index contributed by atoms with van der Waals surface area (Å²) in [6.45, 7) is 0.533. The van der Waals surface area contributed by atoms with Gasteiger partial charge >= 0.3 is 0 Å². The van der Waals surface area contributed by atoms with Crippen molar-refractivity contribution in [2.24, 2.45) is 11.7 Å². The van der Waals surface area contributed by atoms with Gasteiger partial charge in [0.05, 0.1) is 5.75 Å². The van der Waals surface area contributed by atoms with E-state index in [1.807, 2.05) is 30.3 Å². The standard InChI is InChI=1S/C15H24N2O2S/c16-15-8-4-7-14(11-15)12-17-20(18,19)10-9-13-5-2-1-3-6-13/h1-3,5-6,14-15,17H,4,7-12,16H2. The zero-order valence-corrected chi connectivity index (χ0v) is 12.6. The molecule has 5 heteroatoms. The fourth-order valence-corrected chi connectivity index (χ4v) is 3.87. The fourth-order valence-electron chi connectivity index (χ4n) is 2.73. The van der Waals surface area contributed by atoms with E-state index in [0.29, 0.717) is 18.9 Å². The largest absolute Gasteiger partial charge is 0.328 e. The maximum atomic E-state index is 12.0. The lowest BCUT2D eigenvalue weighted by molar-refractivity contribution is 0.322. The van der Waals surface area contributed by atoms with E-state index in [-0.39, 0.29) is 11.8 Å². The number of nitrogens with one attached hydrogen (secondary N) is 1. The molecule has 0 amide bonds. The third-order valence-electron chi connectivity index (χ3n) is 3.92. The van der Waals surface area contributed by atoms with Gasteiger partial charge in [0.15, 0.2) is 0 Å². The molecule has 0 aromatic heterocycles. The lowest BCUT2D eigenvalue weighted by atomic mass is 9.86. The number of aryl methyl sites for hydroxylation is 1. The minimum Gasteiger partial charge on any atom is -0.328 e. The Bertz CT molecular complexity index is 502. The van der Waals surface area contributed by atoms with Gasteiger partial charge in [0.2, 0.25) is 10.0 Å². The molecule has 0 bridgehead atoms. The van der Waals surface area contributed by atoms with Crippen LogP contribution in [-0.4, -0.2) is 26.8 Å². The van der Waals surface area contributed by atoms with Crippen LogP contribution in [0.2, 0.25) is 0 Å². The molecule has 0 aliphatic heterocycles. The SMILES string of the molecule is NC1CCCC(CNS(=O)(=O)CCc2ccccc2)C1. The summed E-state index contributed by atoms with van der Waals surface area (Å²) in [4.78, 5) is 0. The van der Waals surface area contributed by atoms with Gasteiger partial charge in [-0.1, -0.05) is 36.8 Å². The minimum atomic E-state index is -3.19. The predicted molar refractivity (Wildman–Crippen MR) is 81.9 cm³/mol. The van der Waals surface area contributed by atoms with Crippen molar-refractivity contribution in [1.82, 2.24) is 4.72 Å². The number of sulfonamides is 1. The average molecular weight is 296 g/mol. The van der Waals surface area contributed by atoms with Crippen molar-refractivity contribution in [3.05, 3.63) is 35.9 Å². The van der Waals surface area contributed by atoms with Gasteiger partial charge in [-0.2, -0.15) is 0 Å². The Morgan fingerprint density at radius 3 is 2.65 bits per heavy atom.